The molecule has 2 aromatic rings. The predicted molar refractivity (Wildman–Crippen MR) is 105 cm³/mol. The van der Waals surface area contributed by atoms with Gasteiger partial charge in [-0.25, -0.2) is 13.1 Å². The number of rotatable bonds is 6. The number of amides is 1. The molecule has 0 aromatic heterocycles. The lowest BCUT2D eigenvalue weighted by Crippen LogP contribution is -2.33. The van der Waals surface area contributed by atoms with Crippen LogP contribution in [0.4, 0.5) is 5.69 Å². The molecule has 0 spiro atoms. The first-order valence-electron chi connectivity index (χ1n) is 8.78. The van der Waals surface area contributed by atoms with E-state index < -0.39 is 15.3 Å². The molecule has 1 amide bonds. The Hall–Kier alpha value is -2.18. The van der Waals surface area contributed by atoms with Crippen molar-refractivity contribution in [3.8, 4) is 11.1 Å². The van der Waals surface area contributed by atoms with Crippen molar-refractivity contribution in [2.45, 2.75) is 38.4 Å². The highest BCUT2D eigenvalue weighted by atomic mass is 32.2. The fourth-order valence-corrected chi connectivity index (χ4v) is 3.75. The van der Waals surface area contributed by atoms with Gasteiger partial charge in [-0.15, -0.1) is 0 Å². The maximum absolute atomic E-state index is 11.9. The lowest BCUT2D eigenvalue weighted by molar-refractivity contribution is -0.115. The molecule has 0 saturated carbocycles. The Kier molecular flexibility index (Phi) is 5.16. The summed E-state index contributed by atoms with van der Waals surface area (Å²) >= 11 is 0. The van der Waals surface area contributed by atoms with E-state index in [9.17, 15) is 13.2 Å². The van der Waals surface area contributed by atoms with Crippen LogP contribution in [0.1, 0.15) is 37.8 Å². The molecule has 0 fully saturated rings. The van der Waals surface area contributed by atoms with Gasteiger partial charge in [0, 0.05) is 12.2 Å². The Morgan fingerprint density at radius 3 is 2.35 bits per heavy atom. The number of nitrogens with one attached hydrogen (secondary N) is 2. The highest BCUT2D eigenvalue weighted by Gasteiger charge is 2.18. The van der Waals surface area contributed by atoms with Crippen molar-refractivity contribution in [3.63, 3.8) is 0 Å². The van der Waals surface area contributed by atoms with Crippen LogP contribution in [0.25, 0.3) is 11.1 Å². The zero-order valence-corrected chi connectivity index (χ0v) is 16.1. The molecular formula is C20H24N2O3S. The molecule has 2 aromatic carbocycles. The number of anilines is 1. The van der Waals surface area contributed by atoms with Crippen molar-refractivity contribution in [1.82, 2.24) is 4.72 Å². The summed E-state index contributed by atoms with van der Waals surface area (Å²) < 4.78 is 26.4. The highest BCUT2D eigenvalue weighted by Crippen LogP contribution is 2.29. The zero-order valence-electron chi connectivity index (χ0n) is 15.2. The standard InChI is InChI=1S/C20H24N2O3S/c1-13(2)26(24,25)21-12-14(3)15-4-6-16(7-5-15)17-8-9-19-18(10-17)11-20(23)22-19/h4-10,13-14,21H,11-12H2,1-3H3,(H,22,23)/t14-/m0/s1. The van der Waals surface area contributed by atoms with Gasteiger partial charge in [-0.3, -0.25) is 4.79 Å². The van der Waals surface area contributed by atoms with Gasteiger partial charge in [-0.1, -0.05) is 37.3 Å². The predicted octanol–water partition coefficient (Wildman–Crippen LogP) is 3.28. The first-order valence-corrected chi connectivity index (χ1v) is 10.3. The fraction of sp³-hybridized carbons (Fsp3) is 0.350. The smallest absolute Gasteiger partial charge is 0.228 e. The van der Waals surface area contributed by atoms with E-state index in [2.05, 4.69) is 10.0 Å². The molecule has 6 heteroatoms. The molecule has 2 N–H and O–H groups in total. The van der Waals surface area contributed by atoms with Gasteiger partial charge in [0.15, 0.2) is 0 Å². The summed E-state index contributed by atoms with van der Waals surface area (Å²) in [6, 6.07) is 14.1. The SMILES string of the molecule is CC(C)S(=O)(=O)NC[C@H](C)c1ccc(-c2ccc3c(c2)CC(=O)N3)cc1. The molecule has 1 aliphatic rings. The van der Waals surface area contributed by atoms with Crippen molar-refractivity contribution in [1.29, 1.82) is 0 Å². The molecule has 0 aliphatic carbocycles. The third-order valence-electron chi connectivity index (χ3n) is 4.75. The molecule has 5 nitrogen and oxygen atoms in total. The normalized spacial score (nSPS) is 15.0. The summed E-state index contributed by atoms with van der Waals surface area (Å²) in [5.74, 6) is 0.115. The van der Waals surface area contributed by atoms with Crippen molar-refractivity contribution in [3.05, 3.63) is 53.6 Å². The van der Waals surface area contributed by atoms with E-state index in [1.165, 1.54) is 0 Å². The monoisotopic (exact) mass is 372 g/mol. The minimum atomic E-state index is -3.25. The fourth-order valence-electron chi connectivity index (χ4n) is 2.94. The van der Waals surface area contributed by atoms with Crippen LogP contribution in [0, 0.1) is 0 Å². The lowest BCUT2D eigenvalue weighted by Gasteiger charge is -2.15. The van der Waals surface area contributed by atoms with Gasteiger partial charge in [0.05, 0.1) is 11.7 Å². The van der Waals surface area contributed by atoms with Crippen LogP contribution < -0.4 is 10.0 Å². The molecule has 0 saturated heterocycles. The maximum Gasteiger partial charge on any atom is 0.228 e. The van der Waals surface area contributed by atoms with Crippen LogP contribution in [0.5, 0.6) is 0 Å². The van der Waals surface area contributed by atoms with Crippen LogP contribution in [-0.4, -0.2) is 26.1 Å². The average molecular weight is 372 g/mol. The van der Waals surface area contributed by atoms with Gasteiger partial charge >= 0.3 is 0 Å². The molecule has 1 heterocycles. The molecular weight excluding hydrogens is 348 g/mol. The number of hydrogen-bond acceptors (Lipinski definition) is 3. The molecule has 1 aliphatic heterocycles. The largest absolute Gasteiger partial charge is 0.326 e. The number of sulfonamides is 1. The van der Waals surface area contributed by atoms with Crippen LogP contribution in [-0.2, 0) is 21.2 Å². The second-order valence-corrected chi connectivity index (χ2v) is 9.38. The highest BCUT2D eigenvalue weighted by molar-refractivity contribution is 7.90. The average Bonchev–Trinajstić information content (AvgIpc) is 2.99. The Bertz CT molecular complexity index is 919. The van der Waals surface area contributed by atoms with Crippen LogP contribution >= 0.6 is 0 Å². The maximum atomic E-state index is 11.9. The van der Waals surface area contributed by atoms with Crippen LogP contribution in [0.15, 0.2) is 42.5 Å². The first kappa shape index (κ1) is 18.6. The van der Waals surface area contributed by atoms with Gasteiger partial charge in [-0.2, -0.15) is 0 Å². The van der Waals surface area contributed by atoms with Crippen molar-refractivity contribution in [2.24, 2.45) is 0 Å². The lowest BCUT2D eigenvalue weighted by atomic mass is 9.96. The molecule has 26 heavy (non-hydrogen) atoms. The Morgan fingerprint density at radius 2 is 1.69 bits per heavy atom. The van der Waals surface area contributed by atoms with E-state index in [1.807, 2.05) is 49.4 Å². The van der Waals surface area contributed by atoms with E-state index in [4.69, 9.17) is 0 Å². The van der Waals surface area contributed by atoms with Crippen LogP contribution in [0.3, 0.4) is 0 Å². The Morgan fingerprint density at radius 1 is 1.04 bits per heavy atom. The summed E-state index contributed by atoms with van der Waals surface area (Å²) in [4.78, 5) is 11.5. The van der Waals surface area contributed by atoms with Gasteiger partial charge in [0.2, 0.25) is 15.9 Å². The van der Waals surface area contributed by atoms with Crippen molar-refractivity contribution >= 4 is 21.6 Å². The quantitative estimate of drug-likeness (QED) is 0.817. The Labute approximate surface area is 154 Å². The summed E-state index contributed by atoms with van der Waals surface area (Å²) in [7, 11) is -3.25. The van der Waals surface area contributed by atoms with E-state index in [-0.39, 0.29) is 11.8 Å². The van der Waals surface area contributed by atoms with E-state index in [1.54, 1.807) is 13.8 Å². The van der Waals surface area contributed by atoms with E-state index in [0.29, 0.717) is 13.0 Å². The molecule has 3 rings (SSSR count). The number of benzene rings is 2. The molecule has 0 unspecified atom stereocenters. The zero-order chi connectivity index (χ0) is 18.9. The van der Waals surface area contributed by atoms with Gasteiger partial charge in [0.25, 0.3) is 0 Å². The van der Waals surface area contributed by atoms with Gasteiger partial charge in [0.1, 0.15) is 0 Å². The second kappa shape index (κ2) is 7.21. The summed E-state index contributed by atoms with van der Waals surface area (Å²) in [6.07, 6.45) is 0.425. The minimum Gasteiger partial charge on any atom is -0.326 e. The minimum absolute atomic E-state index is 0.0326. The number of carbonyl (C=O) groups excluding carboxylic acids is 1. The van der Waals surface area contributed by atoms with Crippen molar-refractivity contribution < 1.29 is 13.2 Å². The third-order valence-corrected chi connectivity index (χ3v) is 6.56. The number of hydrogen-bond donors (Lipinski definition) is 2. The molecule has 1 atom stereocenters. The van der Waals surface area contributed by atoms with Crippen molar-refractivity contribution in [2.75, 3.05) is 11.9 Å². The number of carbonyl (C=O) groups is 1. The molecule has 138 valence electrons. The third kappa shape index (κ3) is 3.97. The summed E-state index contributed by atoms with van der Waals surface area (Å²) in [5, 5.41) is 2.41. The van der Waals surface area contributed by atoms with E-state index >= 15 is 0 Å². The number of fused-ring (bicyclic) bond motifs is 1. The summed E-state index contributed by atoms with van der Waals surface area (Å²) in [5.41, 5.74) is 5.14. The van der Waals surface area contributed by atoms with E-state index in [0.717, 1.165) is 27.9 Å². The Balaban J connectivity index is 1.71. The molecule has 0 radical (unpaired) electrons. The molecule has 0 bridgehead atoms. The van der Waals surface area contributed by atoms with Crippen LogP contribution in [0.2, 0.25) is 0 Å². The topological polar surface area (TPSA) is 75.3 Å². The second-order valence-electron chi connectivity index (χ2n) is 7.06. The van der Waals surface area contributed by atoms with Gasteiger partial charge in [-0.05, 0) is 54.2 Å². The first-order chi connectivity index (χ1) is 12.3. The summed E-state index contributed by atoms with van der Waals surface area (Å²) in [6.45, 7) is 5.72. The van der Waals surface area contributed by atoms with Gasteiger partial charge < -0.3 is 5.32 Å².